The molecule has 166 valence electrons. The van der Waals surface area contributed by atoms with E-state index < -0.39 is 0 Å². The van der Waals surface area contributed by atoms with Crippen LogP contribution < -0.4 is 9.67 Å². The molecule has 0 aliphatic rings. The molecular weight excluding hydrogens is 380 g/mol. The average molecular weight is 419 g/mol. The van der Waals surface area contributed by atoms with Crippen LogP contribution in [0.15, 0.2) is 42.7 Å². The van der Waals surface area contributed by atoms with Gasteiger partial charge in [-0.3, -0.25) is 0 Å². The maximum absolute atomic E-state index is 13.6. The van der Waals surface area contributed by atoms with Gasteiger partial charge in [-0.15, -0.1) is 0 Å². The highest BCUT2D eigenvalue weighted by Gasteiger charge is 2.27. The predicted octanol–water partition coefficient (Wildman–Crippen LogP) is 6.63. The third-order valence-electron chi connectivity index (χ3n) is 6.29. The summed E-state index contributed by atoms with van der Waals surface area (Å²) in [6.45, 7) is 19.6. The van der Waals surface area contributed by atoms with Gasteiger partial charge in [0, 0.05) is 29.2 Å². The van der Waals surface area contributed by atoms with Crippen LogP contribution in [0, 0.1) is 6.92 Å². The smallest absolute Gasteiger partial charge is 0.253 e. The van der Waals surface area contributed by atoms with Crippen LogP contribution in [0.3, 0.4) is 0 Å². The Morgan fingerprint density at radius 3 is 1.45 bits per heavy atom. The lowest BCUT2D eigenvalue weighted by molar-refractivity contribution is -0.650. The van der Waals surface area contributed by atoms with Crippen molar-refractivity contribution in [3.63, 3.8) is 0 Å². The SMILES string of the molecule is Cc1c([O-])[n+](-c2c(C(C)C)cccc2C(C)C)cn1-c1c(C(C)C)cccc1C(C)C. The van der Waals surface area contributed by atoms with E-state index in [2.05, 4.69) is 96.4 Å². The zero-order valence-corrected chi connectivity index (χ0v) is 20.7. The topological polar surface area (TPSA) is 31.9 Å². The second-order valence-corrected chi connectivity index (χ2v) is 9.93. The van der Waals surface area contributed by atoms with Gasteiger partial charge in [0.15, 0.2) is 0 Å². The minimum absolute atomic E-state index is 0.0586. The third-order valence-corrected chi connectivity index (χ3v) is 6.29. The Morgan fingerprint density at radius 1 is 0.677 bits per heavy atom. The van der Waals surface area contributed by atoms with Crippen LogP contribution in [0.4, 0.5) is 0 Å². The Hall–Kier alpha value is -2.55. The highest BCUT2D eigenvalue weighted by molar-refractivity contribution is 5.53. The van der Waals surface area contributed by atoms with Crippen molar-refractivity contribution >= 4 is 0 Å². The Labute approximate surface area is 188 Å². The van der Waals surface area contributed by atoms with Crippen molar-refractivity contribution in [1.82, 2.24) is 4.57 Å². The van der Waals surface area contributed by atoms with E-state index in [1.165, 1.54) is 22.3 Å². The molecule has 3 rings (SSSR count). The number of nitrogens with zero attached hydrogens (tertiary/aromatic N) is 2. The molecule has 3 aromatic rings. The van der Waals surface area contributed by atoms with Gasteiger partial charge in [0.1, 0.15) is 22.9 Å². The molecule has 2 aromatic carbocycles. The second kappa shape index (κ2) is 8.90. The number of para-hydroxylation sites is 2. The first kappa shape index (κ1) is 23.1. The van der Waals surface area contributed by atoms with Gasteiger partial charge in [0.2, 0.25) is 0 Å². The fourth-order valence-corrected chi connectivity index (χ4v) is 4.50. The lowest BCUT2D eigenvalue weighted by atomic mass is 9.92. The van der Waals surface area contributed by atoms with Gasteiger partial charge in [-0.1, -0.05) is 91.8 Å². The minimum atomic E-state index is 0.0586. The molecule has 0 unspecified atom stereocenters. The fourth-order valence-electron chi connectivity index (χ4n) is 4.50. The molecule has 3 heteroatoms. The van der Waals surface area contributed by atoms with E-state index in [-0.39, 0.29) is 5.88 Å². The summed E-state index contributed by atoms with van der Waals surface area (Å²) >= 11 is 0. The zero-order chi connectivity index (χ0) is 23.0. The lowest BCUT2D eigenvalue weighted by Crippen LogP contribution is -2.35. The molecule has 3 nitrogen and oxygen atoms in total. The van der Waals surface area contributed by atoms with Gasteiger partial charge in [-0.25, -0.2) is 4.57 Å². The molecule has 31 heavy (non-hydrogen) atoms. The number of rotatable bonds is 6. The van der Waals surface area contributed by atoms with Crippen LogP contribution in [0.5, 0.6) is 5.88 Å². The quantitative estimate of drug-likeness (QED) is 0.413. The average Bonchev–Trinajstić information content (AvgIpc) is 3.00. The van der Waals surface area contributed by atoms with Crippen molar-refractivity contribution in [2.45, 2.75) is 86.0 Å². The Bertz CT molecular complexity index is 934. The van der Waals surface area contributed by atoms with E-state index in [1.807, 2.05) is 17.8 Å². The number of aromatic nitrogens is 2. The predicted molar refractivity (Wildman–Crippen MR) is 128 cm³/mol. The molecule has 0 fully saturated rings. The van der Waals surface area contributed by atoms with Gasteiger partial charge >= 0.3 is 0 Å². The summed E-state index contributed by atoms with van der Waals surface area (Å²) in [5, 5.41) is 13.6. The van der Waals surface area contributed by atoms with Crippen LogP contribution in [0.2, 0.25) is 0 Å². The molecular formula is C28H38N2O. The van der Waals surface area contributed by atoms with Crippen molar-refractivity contribution in [3.05, 3.63) is 70.7 Å². The molecule has 0 saturated heterocycles. The number of benzene rings is 2. The molecule has 0 spiro atoms. The number of imidazole rings is 1. The van der Waals surface area contributed by atoms with Crippen LogP contribution in [-0.4, -0.2) is 4.57 Å². The van der Waals surface area contributed by atoms with E-state index >= 15 is 0 Å². The van der Waals surface area contributed by atoms with E-state index in [0.29, 0.717) is 23.7 Å². The zero-order valence-electron chi connectivity index (χ0n) is 20.7. The summed E-state index contributed by atoms with van der Waals surface area (Å²) in [4.78, 5) is 0. The third kappa shape index (κ3) is 4.15. The molecule has 0 aliphatic heterocycles. The van der Waals surface area contributed by atoms with Crippen molar-refractivity contribution in [1.29, 1.82) is 0 Å². The fraction of sp³-hybridized carbons (Fsp3) is 0.464. The van der Waals surface area contributed by atoms with Crippen LogP contribution in [0.25, 0.3) is 11.4 Å². The maximum Gasteiger partial charge on any atom is 0.253 e. The molecule has 0 amide bonds. The number of hydrogen-bond donors (Lipinski definition) is 0. The van der Waals surface area contributed by atoms with Crippen molar-refractivity contribution in [3.8, 4) is 17.3 Å². The molecule has 0 atom stereocenters. The normalized spacial score (nSPS) is 12.0. The van der Waals surface area contributed by atoms with Crippen LogP contribution >= 0.6 is 0 Å². The van der Waals surface area contributed by atoms with Gasteiger partial charge in [0.05, 0.1) is 0 Å². The summed E-state index contributed by atoms with van der Waals surface area (Å²) < 4.78 is 4.02. The van der Waals surface area contributed by atoms with E-state index in [1.54, 1.807) is 0 Å². The maximum atomic E-state index is 13.6. The Morgan fingerprint density at radius 2 is 1.06 bits per heavy atom. The number of hydrogen-bond acceptors (Lipinski definition) is 1. The van der Waals surface area contributed by atoms with Gasteiger partial charge in [0.25, 0.3) is 6.33 Å². The van der Waals surface area contributed by atoms with Gasteiger partial charge < -0.3 is 5.11 Å². The standard InChI is InChI=1S/C28H38N2O/c1-17(2)22-12-10-13-23(18(3)4)26(22)29-16-30(28(31)21(29)9)27-24(19(5)6)14-11-15-25(27)20(7)8/h10-20H,1-9H3. The molecule has 1 aromatic heterocycles. The summed E-state index contributed by atoms with van der Waals surface area (Å²) in [5.41, 5.74) is 7.94. The summed E-state index contributed by atoms with van der Waals surface area (Å²) in [7, 11) is 0. The summed E-state index contributed by atoms with van der Waals surface area (Å²) in [5.74, 6) is 1.46. The monoisotopic (exact) mass is 418 g/mol. The second-order valence-electron chi connectivity index (χ2n) is 9.93. The largest absolute Gasteiger partial charge is 0.839 e. The molecule has 0 radical (unpaired) electrons. The van der Waals surface area contributed by atoms with Crippen molar-refractivity contribution < 1.29 is 9.67 Å². The van der Waals surface area contributed by atoms with Gasteiger partial charge in [-0.05, 0) is 23.7 Å². The summed E-state index contributed by atoms with van der Waals surface area (Å²) in [6, 6.07) is 13.0. The molecule has 0 saturated carbocycles. The Kier molecular flexibility index (Phi) is 6.64. The molecule has 1 heterocycles. The molecule has 0 aliphatic carbocycles. The van der Waals surface area contributed by atoms with Crippen molar-refractivity contribution in [2.24, 2.45) is 0 Å². The van der Waals surface area contributed by atoms with E-state index in [9.17, 15) is 5.11 Å². The first-order chi connectivity index (χ1) is 14.6. The first-order valence-corrected chi connectivity index (χ1v) is 11.6. The van der Waals surface area contributed by atoms with Crippen LogP contribution in [-0.2, 0) is 0 Å². The summed E-state index contributed by atoms with van der Waals surface area (Å²) in [6.07, 6.45) is 2.03. The Balaban J connectivity index is 2.38. The van der Waals surface area contributed by atoms with Gasteiger partial charge in [-0.2, -0.15) is 4.57 Å². The van der Waals surface area contributed by atoms with E-state index in [4.69, 9.17) is 0 Å². The highest BCUT2D eigenvalue weighted by Crippen LogP contribution is 2.34. The van der Waals surface area contributed by atoms with Crippen LogP contribution in [0.1, 0.15) is 107 Å². The van der Waals surface area contributed by atoms with E-state index in [0.717, 1.165) is 17.1 Å². The minimum Gasteiger partial charge on any atom is -0.839 e. The molecule has 0 N–H and O–H groups in total. The van der Waals surface area contributed by atoms with Crippen molar-refractivity contribution in [2.75, 3.05) is 0 Å². The molecule has 0 bridgehead atoms. The highest BCUT2D eigenvalue weighted by atomic mass is 16.3. The lowest BCUT2D eigenvalue weighted by Gasteiger charge is -2.18. The first-order valence-electron chi connectivity index (χ1n) is 11.6.